The van der Waals surface area contributed by atoms with Crippen molar-refractivity contribution >= 4 is 35.4 Å². The van der Waals surface area contributed by atoms with Gasteiger partial charge >= 0.3 is 0 Å². The summed E-state index contributed by atoms with van der Waals surface area (Å²) >= 11 is 0. The van der Waals surface area contributed by atoms with Gasteiger partial charge in [0.15, 0.2) is 0 Å². The van der Waals surface area contributed by atoms with Crippen molar-refractivity contribution in [3.8, 4) is 0 Å². The summed E-state index contributed by atoms with van der Waals surface area (Å²) in [6.45, 7) is 38.4. The SMILES string of the molecule is C.C.C.C.C.C.CCC(C)C(=O)NC.CCCCCCNC(=O)C(C)CC.CCCCCNC(=O)C(C)CC.CCCCNC(=O)C(C)CC.CCCNC(=O)C(C)CC.CCNC(=O)C(C)CC. The Balaban J connectivity index is -0.0000000559. The molecule has 0 bridgehead atoms. The van der Waals surface area contributed by atoms with E-state index in [1.54, 1.807) is 7.05 Å². The van der Waals surface area contributed by atoms with E-state index in [1.807, 2.05) is 90.0 Å². The molecule has 0 heterocycles. The van der Waals surface area contributed by atoms with Gasteiger partial charge in [-0.05, 0) is 71.1 Å². The summed E-state index contributed by atoms with van der Waals surface area (Å²) < 4.78 is 0. The van der Waals surface area contributed by atoms with Gasteiger partial charge in [0, 0.05) is 75.3 Å². The van der Waals surface area contributed by atoms with Crippen LogP contribution in [-0.4, -0.2) is 75.2 Å². The lowest BCUT2D eigenvalue weighted by Gasteiger charge is -2.09. The second kappa shape index (κ2) is 73.8. The van der Waals surface area contributed by atoms with Gasteiger partial charge < -0.3 is 31.9 Å². The molecule has 0 aliphatic heterocycles. The van der Waals surface area contributed by atoms with Gasteiger partial charge in [-0.3, -0.25) is 28.8 Å². The van der Waals surface area contributed by atoms with Gasteiger partial charge in [0.1, 0.15) is 0 Å². The second-order valence-electron chi connectivity index (χ2n) is 16.7. The topological polar surface area (TPSA) is 175 Å². The quantitative estimate of drug-likeness (QED) is 0.0447. The normalized spacial score (nSPS) is 11.6. The first-order valence-corrected chi connectivity index (χ1v) is 25.4. The fraction of sp³-hybridized carbons (Fsp3) is 0.895. The minimum atomic E-state index is 0. The van der Waals surface area contributed by atoms with E-state index in [4.69, 9.17) is 0 Å². The molecule has 6 amide bonds. The highest BCUT2D eigenvalue weighted by Crippen LogP contribution is 2.03. The lowest BCUT2D eigenvalue weighted by Crippen LogP contribution is -2.29. The van der Waals surface area contributed by atoms with Crippen molar-refractivity contribution in [2.24, 2.45) is 35.5 Å². The van der Waals surface area contributed by atoms with Crippen molar-refractivity contribution in [3.63, 3.8) is 0 Å². The zero-order chi connectivity index (χ0) is 50.0. The molecule has 6 unspecified atom stereocenters. The molecular weight excluding hydrogens is 865 g/mol. The van der Waals surface area contributed by atoms with Crippen LogP contribution in [0.15, 0.2) is 0 Å². The minimum Gasteiger partial charge on any atom is -0.359 e. The molecule has 12 nitrogen and oxygen atoms in total. The predicted molar refractivity (Wildman–Crippen MR) is 311 cm³/mol. The van der Waals surface area contributed by atoms with Crippen molar-refractivity contribution in [1.29, 1.82) is 0 Å². The minimum absolute atomic E-state index is 0. The van der Waals surface area contributed by atoms with Gasteiger partial charge in [-0.15, -0.1) is 0 Å². The van der Waals surface area contributed by atoms with Crippen LogP contribution in [-0.2, 0) is 28.8 Å². The van der Waals surface area contributed by atoms with Gasteiger partial charge in [0.05, 0.1) is 0 Å². The molecular formula is C57H132N6O6. The maximum Gasteiger partial charge on any atom is 0.222 e. The molecule has 0 rings (SSSR count). The van der Waals surface area contributed by atoms with Crippen LogP contribution in [0, 0.1) is 35.5 Å². The number of hydrogen-bond acceptors (Lipinski definition) is 6. The van der Waals surface area contributed by atoms with Crippen molar-refractivity contribution in [2.75, 3.05) is 39.8 Å². The maximum atomic E-state index is 11.3. The number of carbonyl (C=O) groups excluding carboxylic acids is 6. The van der Waals surface area contributed by atoms with Crippen LogP contribution in [0.5, 0.6) is 0 Å². The molecule has 426 valence electrons. The molecule has 0 spiro atoms. The molecule has 6 N–H and O–H groups in total. The van der Waals surface area contributed by atoms with Gasteiger partial charge in [0.2, 0.25) is 35.4 Å². The Labute approximate surface area is 435 Å². The Morgan fingerprint density at radius 1 is 0.290 bits per heavy atom. The van der Waals surface area contributed by atoms with E-state index in [9.17, 15) is 28.8 Å². The van der Waals surface area contributed by atoms with Gasteiger partial charge in [-0.25, -0.2) is 0 Å². The highest BCUT2D eigenvalue weighted by molar-refractivity contribution is 5.79. The second-order valence-corrected chi connectivity index (χ2v) is 16.7. The first-order valence-electron chi connectivity index (χ1n) is 25.4. The molecule has 0 radical (unpaired) electrons. The lowest BCUT2D eigenvalue weighted by atomic mass is 10.1. The lowest BCUT2D eigenvalue weighted by molar-refractivity contribution is -0.125. The molecule has 0 aromatic carbocycles. The van der Waals surface area contributed by atoms with E-state index in [0.29, 0.717) is 0 Å². The average molecular weight is 998 g/mol. The standard InChI is InChI=1S/C11H23NO.C10H21NO.C9H19NO.C8H17NO.C7H15NO.C6H13NO.6CH4/c1-4-6-7-8-9-12-11(13)10(3)5-2;1-4-6-7-8-11-10(12)9(3)5-2;1-4-6-7-10-9(11)8(3)5-2;1-4-6-9-8(10)7(3)5-2;1-4-6(3)7(9)8-5-2;1-4-5(2)6(8)7-3;;;;;;/h10H,4-9H2,1-3H3,(H,12,13);9H,4-8H2,1-3H3,(H,11,12);8H,4-7H2,1-3H3,(H,10,11);7H,4-6H2,1-3H3,(H,9,10);6H,4-5H2,1-3H3,(H,8,9);5H,4H2,1-3H3,(H,7,8);6*1H4. The molecule has 0 saturated heterocycles. The van der Waals surface area contributed by atoms with Crippen molar-refractivity contribution in [3.05, 3.63) is 0 Å². The summed E-state index contributed by atoms with van der Waals surface area (Å²) in [5.74, 6) is 2.12. The molecule has 69 heavy (non-hydrogen) atoms. The van der Waals surface area contributed by atoms with Crippen LogP contribution in [0.2, 0.25) is 0 Å². The number of unbranched alkanes of at least 4 members (excludes halogenated alkanes) is 6. The van der Waals surface area contributed by atoms with Crippen LogP contribution < -0.4 is 31.9 Å². The van der Waals surface area contributed by atoms with Gasteiger partial charge in [-0.1, -0.05) is 194 Å². The Morgan fingerprint density at radius 3 is 0.754 bits per heavy atom. The van der Waals surface area contributed by atoms with Crippen LogP contribution in [0.3, 0.4) is 0 Å². The molecule has 12 heteroatoms. The zero-order valence-corrected chi connectivity index (χ0v) is 44.8. The van der Waals surface area contributed by atoms with E-state index < -0.39 is 0 Å². The van der Waals surface area contributed by atoms with E-state index >= 15 is 0 Å². The van der Waals surface area contributed by atoms with E-state index in [-0.39, 0.29) is 116 Å². The average Bonchev–Trinajstić information content (AvgIpc) is 3.30. The number of hydrogen-bond donors (Lipinski definition) is 6. The third kappa shape index (κ3) is 71.5. The maximum absolute atomic E-state index is 11.3. The van der Waals surface area contributed by atoms with Crippen LogP contribution in [0.25, 0.3) is 0 Å². The largest absolute Gasteiger partial charge is 0.359 e. The highest BCUT2D eigenvalue weighted by atomic mass is 16.2. The van der Waals surface area contributed by atoms with Crippen LogP contribution >= 0.6 is 0 Å². The Hall–Kier alpha value is -3.18. The first kappa shape index (κ1) is 95.5. The zero-order valence-electron chi connectivity index (χ0n) is 44.8. The highest BCUT2D eigenvalue weighted by Gasteiger charge is 2.11. The summed E-state index contributed by atoms with van der Waals surface area (Å²) in [5.41, 5.74) is 0. The molecule has 0 aromatic heterocycles. The Kier molecular flexibility index (Phi) is 102. The molecule has 6 atom stereocenters. The Morgan fingerprint density at radius 2 is 0.522 bits per heavy atom. The fourth-order valence-corrected chi connectivity index (χ4v) is 4.39. The van der Waals surface area contributed by atoms with Crippen molar-refractivity contribution < 1.29 is 28.8 Å². The smallest absolute Gasteiger partial charge is 0.222 e. The molecule has 0 aliphatic carbocycles. The van der Waals surface area contributed by atoms with Gasteiger partial charge in [-0.2, -0.15) is 0 Å². The number of rotatable bonds is 27. The van der Waals surface area contributed by atoms with Crippen molar-refractivity contribution in [1.82, 2.24) is 31.9 Å². The Bertz CT molecular complexity index is 1060. The number of amides is 6. The molecule has 0 fully saturated rings. The summed E-state index contributed by atoms with van der Waals surface area (Å²) in [6.07, 6.45) is 17.2. The summed E-state index contributed by atoms with van der Waals surface area (Å²) in [6, 6.07) is 0. The third-order valence-corrected chi connectivity index (χ3v) is 10.7. The third-order valence-electron chi connectivity index (χ3n) is 10.7. The molecule has 0 saturated carbocycles. The monoisotopic (exact) mass is 997 g/mol. The summed E-state index contributed by atoms with van der Waals surface area (Å²) in [7, 11) is 1.66. The summed E-state index contributed by atoms with van der Waals surface area (Å²) in [4.78, 5) is 66.2. The summed E-state index contributed by atoms with van der Waals surface area (Å²) in [5, 5.41) is 17.0. The van der Waals surface area contributed by atoms with Crippen LogP contribution in [0.4, 0.5) is 0 Å². The molecule has 0 aliphatic rings. The fourth-order valence-electron chi connectivity index (χ4n) is 4.39. The van der Waals surface area contributed by atoms with Crippen molar-refractivity contribution in [2.45, 2.75) is 265 Å². The first-order chi connectivity index (χ1) is 29.8. The number of carbonyl (C=O) groups is 6. The molecule has 0 aromatic rings. The van der Waals surface area contributed by atoms with Gasteiger partial charge in [0.25, 0.3) is 0 Å². The van der Waals surface area contributed by atoms with Crippen LogP contribution in [0.1, 0.15) is 265 Å². The van der Waals surface area contributed by atoms with E-state index in [0.717, 1.165) is 103 Å². The predicted octanol–water partition coefficient (Wildman–Crippen LogP) is 14.3. The van der Waals surface area contributed by atoms with E-state index in [2.05, 4.69) is 59.6 Å². The number of nitrogens with one attached hydrogen (secondary N) is 6. The van der Waals surface area contributed by atoms with E-state index in [1.165, 1.54) is 32.1 Å².